The minimum atomic E-state index is -0.611. The number of hydrogen-bond donors (Lipinski definition) is 1. The van der Waals surface area contributed by atoms with E-state index >= 15 is 0 Å². The second kappa shape index (κ2) is 10.2. The lowest BCUT2D eigenvalue weighted by molar-refractivity contribution is -0.125. The van der Waals surface area contributed by atoms with Crippen LogP contribution in [0.3, 0.4) is 0 Å². The SMILES string of the molecule is Cc1cccc(OCCN2C(=O)C(C)Oc3cc(NC(=O)CCc4ccccc4)ccc32)c1. The number of anilines is 2. The number of aryl methyl sites for hydroxylation is 2. The van der Waals surface area contributed by atoms with Crippen molar-refractivity contribution in [2.24, 2.45) is 0 Å². The first-order chi connectivity index (χ1) is 16.0. The summed E-state index contributed by atoms with van der Waals surface area (Å²) in [5.41, 5.74) is 3.56. The normalized spacial score (nSPS) is 14.9. The molecule has 1 heterocycles. The van der Waals surface area contributed by atoms with Crippen LogP contribution in [-0.4, -0.2) is 31.1 Å². The molecule has 2 amide bonds. The van der Waals surface area contributed by atoms with Crippen molar-refractivity contribution in [2.45, 2.75) is 32.8 Å². The summed E-state index contributed by atoms with van der Waals surface area (Å²) < 4.78 is 11.7. The molecule has 0 spiro atoms. The van der Waals surface area contributed by atoms with Gasteiger partial charge in [0.05, 0.1) is 12.2 Å². The van der Waals surface area contributed by atoms with E-state index in [9.17, 15) is 9.59 Å². The number of carbonyl (C=O) groups excluding carboxylic acids is 2. The molecule has 6 nitrogen and oxygen atoms in total. The van der Waals surface area contributed by atoms with Gasteiger partial charge in [-0.05, 0) is 55.7 Å². The number of rotatable bonds is 8. The molecule has 170 valence electrons. The Balaban J connectivity index is 1.39. The summed E-state index contributed by atoms with van der Waals surface area (Å²) in [5, 5.41) is 2.93. The Hall–Kier alpha value is -3.80. The van der Waals surface area contributed by atoms with Crippen LogP contribution in [0.25, 0.3) is 0 Å². The molecule has 33 heavy (non-hydrogen) atoms. The zero-order valence-electron chi connectivity index (χ0n) is 18.9. The zero-order valence-corrected chi connectivity index (χ0v) is 18.9. The summed E-state index contributed by atoms with van der Waals surface area (Å²) in [7, 11) is 0. The van der Waals surface area contributed by atoms with Crippen molar-refractivity contribution in [3.05, 3.63) is 83.9 Å². The van der Waals surface area contributed by atoms with E-state index in [1.54, 1.807) is 30.0 Å². The van der Waals surface area contributed by atoms with E-state index in [0.717, 1.165) is 16.9 Å². The molecule has 3 aromatic rings. The molecule has 0 bridgehead atoms. The molecule has 1 N–H and O–H groups in total. The molecule has 1 unspecified atom stereocenters. The van der Waals surface area contributed by atoms with E-state index in [1.165, 1.54) is 0 Å². The highest BCUT2D eigenvalue weighted by atomic mass is 16.5. The van der Waals surface area contributed by atoms with E-state index in [1.807, 2.05) is 61.5 Å². The Morgan fingerprint density at radius 1 is 1.06 bits per heavy atom. The average Bonchev–Trinajstić information content (AvgIpc) is 2.81. The minimum Gasteiger partial charge on any atom is -0.492 e. The first-order valence-corrected chi connectivity index (χ1v) is 11.1. The van der Waals surface area contributed by atoms with Gasteiger partial charge in [0.25, 0.3) is 5.91 Å². The van der Waals surface area contributed by atoms with Crippen LogP contribution in [-0.2, 0) is 16.0 Å². The van der Waals surface area contributed by atoms with Crippen molar-refractivity contribution in [3.8, 4) is 11.5 Å². The van der Waals surface area contributed by atoms with Gasteiger partial charge in [0, 0.05) is 18.2 Å². The standard InChI is InChI=1S/C27H28N2O4/c1-19-7-6-10-23(17-19)32-16-15-29-24-13-12-22(18-25(24)33-20(2)27(29)31)28-26(30)14-11-21-8-4-3-5-9-21/h3-10,12-13,17-18,20H,11,14-16H2,1-2H3,(H,28,30). The van der Waals surface area contributed by atoms with Gasteiger partial charge in [-0.15, -0.1) is 0 Å². The summed E-state index contributed by atoms with van der Waals surface area (Å²) >= 11 is 0. The number of amides is 2. The van der Waals surface area contributed by atoms with Crippen molar-refractivity contribution in [2.75, 3.05) is 23.4 Å². The fourth-order valence-corrected chi connectivity index (χ4v) is 3.80. The maximum absolute atomic E-state index is 12.7. The van der Waals surface area contributed by atoms with Crippen molar-refractivity contribution in [3.63, 3.8) is 0 Å². The molecule has 6 heteroatoms. The molecule has 0 fully saturated rings. The van der Waals surface area contributed by atoms with Crippen molar-refractivity contribution in [1.29, 1.82) is 0 Å². The van der Waals surface area contributed by atoms with E-state index in [2.05, 4.69) is 5.32 Å². The number of nitrogens with zero attached hydrogens (tertiary/aromatic N) is 1. The molecule has 0 radical (unpaired) electrons. The van der Waals surface area contributed by atoms with E-state index in [4.69, 9.17) is 9.47 Å². The second-order valence-corrected chi connectivity index (χ2v) is 8.13. The van der Waals surface area contributed by atoms with Crippen molar-refractivity contribution in [1.82, 2.24) is 0 Å². The maximum atomic E-state index is 12.7. The number of ether oxygens (including phenoxy) is 2. The third kappa shape index (κ3) is 5.71. The lowest BCUT2D eigenvalue weighted by atomic mass is 10.1. The summed E-state index contributed by atoms with van der Waals surface area (Å²) in [4.78, 5) is 26.8. The smallest absolute Gasteiger partial charge is 0.267 e. The minimum absolute atomic E-state index is 0.0675. The third-order valence-corrected chi connectivity index (χ3v) is 5.51. The highest BCUT2D eigenvalue weighted by Crippen LogP contribution is 2.36. The summed E-state index contributed by atoms with van der Waals surface area (Å²) in [5.74, 6) is 1.16. The maximum Gasteiger partial charge on any atom is 0.267 e. The average molecular weight is 445 g/mol. The summed E-state index contributed by atoms with van der Waals surface area (Å²) in [6, 6.07) is 23.1. The summed E-state index contributed by atoms with van der Waals surface area (Å²) in [6.07, 6.45) is 0.452. The van der Waals surface area contributed by atoms with Crippen LogP contribution in [0.4, 0.5) is 11.4 Å². The lowest BCUT2D eigenvalue weighted by Crippen LogP contribution is -2.46. The second-order valence-electron chi connectivity index (χ2n) is 8.13. The molecule has 0 saturated carbocycles. The van der Waals surface area contributed by atoms with Gasteiger partial charge in [-0.25, -0.2) is 0 Å². The van der Waals surface area contributed by atoms with Gasteiger partial charge in [0.2, 0.25) is 5.91 Å². The largest absolute Gasteiger partial charge is 0.492 e. The Bertz CT molecular complexity index is 1130. The first-order valence-electron chi connectivity index (χ1n) is 11.1. The molecule has 1 atom stereocenters. The van der Waals surface area contributed by atoms with Crippen LogP contribution >= 0.6 is 0 Å². The molecule has 4 rings (SSSR count). The zero-order chi connectivity index (χ0) is 23.2. The number of hydrogen-bond acceptors (Lipinski definition) is 4. The third-order valence-electron chi connectivity index (χ3n) is 5.51. The van der Waals surface area contributed by atoms with Gasteiger partial charge in [0.15, 0.2) is 6.10 Å². The van der Waals surface area contributed by atoms with Gasteiger partial charge in [-0.2, -0.15) is 0 Å². The van der Waals surface area contributed by atoms with Crippen LogP contribution in [0.1, 0.15) is 24.5 Å². The van der Waals surface area contributed by atoms with Crippen molar-refractivity contribution >= 4 is 23.2 Å². The van der Waals surface area contributed by atoms with Crippen LogP contribution < -0.4 is 19.7 Å². The Kier molecular flexibility index (Phi) is 6.93. The number of nitrogens with one attached hydrogen (secondary N) is 1. The Morgan fingerprint density at radius 2 is 1.88 bits per heavy atom. The number of fused-ring (bicyclic) bond motifs is 1. The molecular formula is C27H28N2O4. The van der Waals surface area contributed by atoms with Gasteiger partial charge < -0.3 is 19.7 Å². The Morgan fingerprint density at radius 3 is 2.67 bits per heavy atom. The predicted octanol–water partition coefficient (Wildman–Crippen LogP) is 4.76. The van der Waals surface area contributed by atoms with E-state index in [0.29, 0.717) is 43.1 Å². The quantitative estimate of drug-likeness (QED) is 0.544. The molecule has 1 aliphatic rings. The predicted molar refractivity (Wildman–Crippen MR) is 129 cm³/mol. The van der Waals surface area contributed by atoms with Gasteiger partial charge in [0.1, 0.15) is 18.1 Å². The fraction of sp³-hybridized carbons (Fsp3) is 0.259. The van der Waals surface area contributed by atoms with Gasteiger partial charge in [-0.3, -0.25) is 9.59 Å². The molecular weight excluding hydrogens is 416 g/mol. The lowest BCUT2D eigenvalue weighted by Gasteiger charge is -2.33. The number of carbonyl (C=O) groups is 2. The van der Waals surface area contributed by atoms with Crippen LogP contribution in [0, 0.1) is 6.92 Å². The molecule has 0 saturated heterocycles. The van der Waals surface area contributed by atoms with E-state index in [-0.39, 0.29) is 11.8 Å². The van der Waals surface area contributed by atoms with Crippen molar-refractivity contribution < 1.29 is 19.1 Å². The topological polar surface area (TPSA) is 67.9 Å². The van der Waals surface area contributed by atoms with Crippen LogP contribution in [0.5, 0.6) is 11.5 Å². The number of benzene rings is 3. The molecule has 0 aromatic heterocycles. The molecule has 3 aromatic carbocycles. The molecule has 0 aliphatic carbocycles. The first kappa shape index (κ1) is 22.4. The van der Waals surface area contributed by atoms with Crippen LogP contribution in [0.2, 0.25) is 0 Å². The van der Waals surface area contributed by atoms with Gasteiger partial charge >= 0.3 is 0 Å². The summed E-state index contributed by atoms with van der Waals surface area (Å²) in [6.45, 7) is 4.49. The van der Waals surface area contributed by atoms with Gasteiger partial charge in [-0.1, -0.05) is 42.5 Å². The van der Waals surface area contributed by atoms with Crippen LogP contribution in [0.15, 0.2) is 72.8 Å². The van der Waals surface area contributed by atoms with E-state index < -0.39 is 6.10 Å². The fourth-order valence-electron chi connectivity index (χ4n) is 3.80. The highest BCUT2D eigenvalue weighted by Gasteiger charge is 2.31. The monoisotopic (exact) mass is 444 g/mol. The highest BCUT2D eigenvalue weighted by molar-refractivity contribution is 6.00. The Labute approximate surface area is 194 Å². The molecule has 1 aliphatic heterocycles.